The quantitative estimate of drug-likeness (QED) is 0.648. The van der Waals surface area contributed by atoms with Crippen molar-refractivity contribution in [1.29, 1.82) is 0 Å². The fourth-order valence-corrected chi connectivity index (χ4v) is 3.10. The van der Waals surface area contributed by atoms with Gasteiger partial charge in [-0.15, -0.1) is 0 Å². The number of nitrogens with one attached hydrogen (secondary N) is 1. The van der Waals surface area contributed by atoms with Crippen LogP contribution in [0.25, 0.3) is 0 Å². The number of alkyl halides is 2. The van der Waals surface area contributed by atoms with Crippen molar-refractivity contribution in [2.24, 2.45) is 17.6 Å². The Labute approximate surface area is 160 Å². The van der Waals surface area contributed by atoms with E-state index in [1.54, 1.807) is 0 Å². The average Bonchev–Trinajstić information content (AvgIpc) is 3.51. The minimum Gasteiger partial charge on any atom is -0.475 e. The van der Waals surface area contributed by atoms with Gasteiger partial charge < -0.3 is 20.7 Å². The highest BCUT2D eigenvalue weighted by Gasteiger charge is 2.46. The summed E-state index contributed by atoms with van der Waals surface area (Å²) in [6, 6.07) is -0.772. The average molecular weight is 395 g/mol. The largest absolute Gasteiger partial charge is 0.475 e. The summed E-state index contributed by atoms with van der Waals surface area (Å²) in [6.45, 7) is -0.515. The smallest absolute Gasteiger partial charge is 0.282 e. The molecule has 2 saturated carbocycles. The van der Waals surface area contributed by atoms with Gasteiger partial charge in [0.05, 0.1) is 25.9 Å². The van der Waals surface area contributed by atoms with Crippen molar-refractivity contribution in [2.75, 3.05) is 24.6 Å². The van der Waals surface area contributed by atoms with E-state index in [0.29, 0.717) is 24.9 Å². The van der Waals surface area contributed by atoms with E-state index in [1.165, 1.54) is 11.1 Å². The summed E-state index contributed by atoms with van der Waals surface area (Å²) in [5.74, 6) is -2.87. The minimum absolute atomic E-state index is 0.0381. The van der Waals surface area contributed by atoms with E-state index in [4.69, 9.17) is 10.5 Å². The molecule has 4 rings (SSSR count). The zero-order chi connectivity index (χ0) is 19.9. The molecule has 0 aromatic carbocycles. The molecular formula is C18H23F2N5O3. The fourth-order valence-electron chi connectivity index (χ4n) is 3.10. The number of carbonyl (C=O) groups is 2. The Morgan fingerprint density at radius 1 is 1.29 bits per heavy atom. The van der Waals surface area contributed by atoms with E-state index in [-0.39, 0.29) is 17.4 Å². The van der Waals surface area contributed by atoms with Crippen LogP contribution < -0.4 is 20.7 Å². The monoisotopic (exact) mass is 395 g/mol. The maximum atomic E-state index is 13.2. The number of primary amides is 1. The molecule has 1 aromatic heterocycles. The van der Waals surface area contributed by atoms with Gasteiger partial charge in [-0.05, 0) is 31.1 Å². The van der Waals surface area contributed by atoms with Gasteiger partial charge in [0.25, 0.3) is 17.7 Å². The molecule has 8 nitrogen and oxygen atoms in total. The van der Waals surface area contributed by atoms with Gasteiger partial charge in [0.1, 0.15) is 6.04 Å². The number of anilines is 1. The lowest BCUT2D eigenvalue weighted by Gasteiger charge is -2.39. The summed E-state index contributed by atoms with van der Waals surface area (Å²) in [6.07, 6.45) is 5.85. The molecule has 3 N–H and O–H groups in total. The van der Waals surface area contributed by atoms with Gasteiger partial charge in [0, 0.05) is 0 Å². The van der Waals surface area contributed by atoms with Gasteiger partial charge in [-0.1, -0.05) is 12.8 Å². The number of carbonyl (C=O) groups excluding carboxylic acids is 2. The van der Waals surface area contributed by atoms with E-state index in [0.717, 1.165) is 25.7 Å². The third-order valence-electron chi connectivity index (χ3n) is 5.17. The van der Waals surface area contributed by atoms with Crippen molar-refractivity contribution >= 4 is 17.6 Å². The first-order chi connectivity index (χ1) is 13.3. The highest BCUT2D eigenvalue weighted by atomic mass is 19.3. The number of rotatable bonds is 9. The second kappa shape index (κ2) is 7.14. The van der Waals surface area contributed by atoms with Crippen molar-refractivity contribution in [3.05, 3.63) is 11.9 Å². The molecule has 28 heavy (non-hydrogen) atoms. The van der Waals surface area contributed by atoms with Crippen molar-refractivity contribution in [3.63, 3.8) is 0 Å². The van der Waals surface area contributed by atoms with Gasteiger partial charge in [0.2, 0.25) is 5.91 Å². The minimum atomic E-state index is -2.76. The van der Waals surface area contributed by atoms with Gasteiger partial charge >= 0.3 is 0 Å². The molecule has 2 heterocycles. The zero-order valence-corrected chi connectivity index (χ0v) is 15.4. The maximum Gasteiger partial charge on any atom is 0.282 e. The van der Waals surface area contributed by atoms with E-state index < -0.39 is 36.9 Å². The van der Waals surface area contributed by atoms with Crippen molar-refractivity contribution in [1.82, 2.24) is 15.3 Å². The number of hydrogen-bond acceptors (Lipinski definition) is 6. The predicted octanol–water partition coefficient (Wildman–Crippen LogP) is 1.10. The van der Waals surface area contributed by atoms with Crippen LogP contribution in [0.2, 0.25) is 0 Å². The Morgan fingerprint density at radius 3 is 2.54 bits per heavy atom. The van der Waals surface area contributed by atoms with Crippen LogP contribution in [0.1, 0.15) is 42.6 Å². The molecule has 1 unspecified atom stereocenters. The second-order valence-electron chi connectivity index (χ2n) is 7.96. The Morgan fingerprint density at radius 2 is 1.96 bits per heavy atom. The number of halogens is 2. The maximum absolute atomic E-state index is 13.2. The van der Waals surface area contributed by atoms with E-state index in [1.807, 2.05) is 0 Å². The van der Waals surface area contributed by atoms with Crippen LogP contribution in [0, 0.1) is 11.8 Å². The first kappa shape index (κ1) is 18.8. The van der Waals surface area contributed by atoms with E-state index >= 15 is 0 Å². The summed E-state index contributed by atoms with van der Waals surface area (Å²) < 4.78 is 32.1. The number of nitrogens with zero attached hydrogens (tertiary/aromatic N) is 3. The molecule has 1 aromatic rings. The second-order valence-corrected chi connectivity index (χ2v) is 7.96. The molecule has 152 valence electrons. The predicted molar refractivity (Wildman–Crippen MR) is 95.2 cm³/mol. The van der Waals surface area contributed by atoms with Crippen LogP contribution in [0.5, 0.6) is 5.88 Å². The van der Waals surface area contributed by atoms with Crippen LogP contribution in [0.3, 0.4) is 0 Å². The third-order valence-corrected chi connectivity index (χ3v) is 5.17. The van der Waals surface area contributed by atoms with Gasteiger partial charge in [-0.25, -0.2) is 18.7 Å². The lowest BCUT2D eigenvalue weighted by Crippen LogP contribution is -2.56. The van der Waals surface area contributed by atoms with Gasteiger partial charge in [0.15, 0.2) is 11.5 Å². The highest BCUT2D eigenvalue weighted by Crippen LogP contribution is 2.36. The summed E-state index contributed by atoms with van der Waals surface area (Å²) >= 11 is 0. The zero-order valence-electron chi connectivity index (χ0n) is 15.4. The standard InChI is InChI=1S/C18H23F2N5O3/c19-18(20)8-25(9-18)15-17(28-7-11-3-4-11)24-13(6-22-15)16(27)23-12(14(21)26)5-10-1-2-10/h6,10-12H,1-5,7-9H2,(H2,21,26)(H,23,27). The topological polar surface area (TPSA) is 110 Å². The molecule has 2 aliphatic carbocycles. The molecule has 0 radical (unpaired) electrons. The summed E-state index contributed by atoms with van der Waals surface area (Å²) in [5.41, 5.74) is 5.34. The lowest BCUT2D eigenvalue weighted by atomic mass is 10.1. The Bertz CT molecular complexity index is 774. The summed E-state index contributed by atoms with van der Waals surface area (Å²) in [5, 5.41) is 2.59. The Kier molecular flexibility index (Phi) is 4.80. The molecule has 0 spiro atoms. The number of amides is 2. The molecular weight excluding hydrogens is 372 g/mol. The number of nitrogens with two attached hydrogens (primary N) is 1. The van der Waals surface area contributed by atoms with Crippen molar-refractivity contribution < 1.29 is 23.1 Å². The van der Waals surface area contributed by atoms with Gasteiger partial charge in [-0.2, -0.15) is 0 Å². The fraction of sp³-hybridized carbons (Fsp3) is 0.667. The first-order valence-corrected chi connectivity index (χ1v) is 9.53. The third kappa shape index (κ3) is 4.48. The van der Waals surface area contributed by atoms with Crippen LogP contribution in [0.15, 0.2) is 6.20 Å². The van der Waals surface area contributed by atoms with Crippen molar-refractivity contribution in [3.8, 4) is 5.88 Å². The van der Waals surface area contributed by atoms with Crippen LogP contribution >= 0.6 is 0 Å². The molecule has 2 amide bonds. The molecule has 1 saturated heterocycles. The highest BCUT2D eigenvalue weighted by molar-refractivity contribution is 5.95. The number of aromatic nitrogens is 2. The van der Waals surface area contributed by atoms with E-state index in [9.17, 15) is 18.4 Å². The van der Waals surface area contributed by atoms with Crippen LogP contribution in [-0.4, -0.2) is 53.4 Å². The lowest BCUT2D eigenvalue weighted by molar-refractivity contribution is -0.120. The normalized spacial score (nSPS) is 21.6. The number of hydrogen-bond donors (Lipinski definition) is 2. The Balaban J connectivity index is 1.48. The summed E-state index contributed by atoms with van der Waals surface area (Å²) in [4.78, 5) is 33.8. The molecule has 1 atom stereocenters. The van der Waals surface area contributed by atoms with Crippen LogP contribution in [0.4, 0.5) is 14.6 Å². The molecule has 1 aliphatic heterocycles. The SMILES string of the molecule is NC(=O)C(CC1CC1)NC(=O)c1cnc(N2CC(F)(F)C2)c(OCC2CC2)n1. The molecule has 0 bridgehead atoms. The Hall–Kier alpha value is -2.52. The van der Waals surface area contributed by atoms with Gasteiger partial charge in [-0.3, -0.25) is 9.59 Å². The van der Waals surface area contributed by atoms with E-state index in [2.05, 4.69) is 15.3 Å². The molecule has 3 aliphatic rings. The molecule has 3 fully saturated rings. The summed E-state index contributed by atoms with van der Waals surface area (Å²) in [7, 11) is 0. The van der Waals surface area contributed by atoms with Crippen molar-refractivity contribution in [2.45, 2.75) is 44.1 Å². The molecule has 10 heteroatoms. The van der Waals surface area contributed by atoms with Crippen LogP contribution in [-0.2, 0) is 4.79 Å². The number of ether oxygens (including phenoxy) is 1. The first-order valence-electron chi connectivity index (χ1n) is 9.53.